The van der Waals surface area contributed by atoms with Gasteiger partial charge in [0.1, 0.15) is 0 Å². The van der Waals surface area contributed by atoms with Crippen LogP contribution in [0.5, 0.6) is 0 Å². The first-order valence-corrected chi connectivity index (χ1v) is 8.08. The molecule has 8 heteroatoms. The quantitative estimate of drug-likeness (QED) is 0.696. The number of rotatable bonds is 5. The van der Waals surface area contributed by atoms with Crippen LogP contribution in [0.4, 0.5) is 14.5 Å². The first-order chi connectivity index (χ1) is 13.0. The number of amides is 1. The minimum atomic E-state index is -1.23. The average Bonchev–Trinajstić information content (AvgIpc) is 3.14. The van der Waals surface area contributed by atoms with Crippen molar-refractivity contribution >= 4 is 17.6 Å². The van der Waals surface area contributed by atoms with Gasteiger partial charge in [0.25, 0.3) is 5.91 Å². The molecule has 2 aromatic carbocycles. The summed E-state index contributed by atoms with van der Waals surface area (Å²) in [6, 6.07) is 11.4. The van der Waals surface area contributed by atoms with E-state index < -0.39 is 29.1 Å². The number of nitrogens with one attached hydrogen (secondary N) is 1. The van der Waals surface area contributed by atoms with E-state index in [0.29, 0.717) is 11.4 Å². The molecule has 0 unspecified atom stereocenters. The SMILES string of the molecule is CCOC(=O)c1ccn(-c2ccccc2NC(=O)c2cccc(F)c2F)n1. The van der Waals surface area contributed by atoms with Gasteiger partial charge in [0.2, 0.25) is 0 Å². The van der Waals surface area contributed by atoms with E-state index in [-0.39, 0.29) is 12.3 Å². The Kier molecular flexibility index (Phi) is 5.25. The summed E-state index contributed by atoms with van der Waals surface area (Å²) in [4.78, 5) is 24.1. The van der Waals surface area contributed by atoms with Crippen molar-refractivity contribution in [2.45, 2.75) is 6.92 Å². The largest absolute Gasteiger partial charge is 0.461 e. The minimum absolute atomic E-state index is 0.106. The number of nitrogens with zero attached hydrogens (tertiary/aromatic N) is 2. The third-order valence-corrected chi connectivity index (χ3v) is 3.67. The van der Waals surface area contributed by atoms with E-state index >= 15 is 0 Å². The molecule has 1 heterocycles. The zero-order valence-corrected chi connectivity index (χ0v) is 14.3. The van der Waals surface area contributed by atoms with Crippen LogP contribution < -0.4 is 5.32 Å². The summed E-state index contributed by atoms with van der Waals surface area (Å²) in [5.74, 6) is -3.71. The number of ether oxygens (including phenoxy) is 1. The topological polar surface area (TPSA) is 73.2 Å². The summed E-state index contributed by atoms with van der Waals surface area (Å²) in [5, 5.41) is 6.66. The average molecular weight is 371 g/mol. The molecule has 1 aromatic heterocycles. The van der Waals surface area contributed by atoms with Gasteiger partial charge in [-0.1, -0.05) is 18.2 Å². The second kappa shape index (κ2) is 7.77. The van der Waals surface area contributed by atoms with Crippen LogP contribution in [-0.4, -0.2) is 28.3 Å². The van der Waals surface area contributed by atoms with Gasteiger partial charge in [-0.05, 0) is 37.3 Å². The van der Waals surface area contributed by atoms with Gasteiger partial charge in [-0.15, -0.1) is 0 Å². The molecule has 1 N–H and O–H groups in total. The van der Waals surface area contributed by atoms with E-state index in [4.69, 9.17) is 4.74 Å². The maximum absolute atomic E-state index is 13.8. The molecule has 0 fully saturated rings. The van der Waals surface area contributed by atoms with E-state index in [1.54, 1.807) is 31.2 Å². The van der Waals surface area contributed by atoms with Gasteiger partial charge in [0.15, 0.2) is 17.3 Å². The summed E-state index contributed by atoms with van der Waals surface area (Å²) in [5.41, 5.74) is 0.439. The van der Waals surface area contributed by atoms with Crippen molar-refractivity contribution in [3.63, 3.8) is 0 Å². The predicted molar refractivity (Wildman–Crippen MR) is 93.8 cm³/mol. The minimum Gasteiger partial charge on any atom is -0.461 e. The fourth-order valence-corrected chi connectivity index (χ4v) is 2.42. The highest BCUT2D eigenvalue weighted by atomic mass is 19.2. The van der Waals surface area contributed by atoms with Crippen molar-refractivity contribution in [1.29, 1.82) is 0 Å². The highest BCUT2D eigenvalue weighted by Crippen LogP contribution is 2.21. The Hall–Kier alpha value is -3.55. The standard InChI is InChI=1S/C19H15F2N3O3/c1-2-27-19(26)15-10-11-24(23-15)16-9-4-3-8-14(16)22-18(25)12-6-5-7-13(20)17(12)21/h3-11H,2H2,1H3,(H,22,25). The number of benzene rings is 2. The molecular formula is C19H15F2N3O3. The van der Waals surface area contributed by atoms with Gasteiger partial charge < -0.3 is 10.1 Å². The van der Waals surface area contributed by atoms with Crippen LogP contribution in [0.3, 0.4) is 0 Å². The summed E-state index contributed by atoms with van der Waals surface area (Å²) < 4.78 is 33.5. The number of esters is 1. The highest BCUT2D eigenvalue weighted by molar-refractivity contribution is 6.05. The molecule has 0 atom stereocenters. The molecule has 0 aliphatic carbocycles. The normalized spacial score (nSPS) is 10.5. The van der Waals surface area contributed by atoms with Gasteiger partial charge in [0, 0.05) is 6.20 Å². The molecule has 3 aromatic rings. The molecule has 0 aliphatic rings. The second-order valence-corrected chi connectivity index (χ2v) is 5.44. The predicted octanol–water partition coefficient (Wildman–Crippen LogP) is 3.58. The van der Waals surface area contributed by atoms with Gasteiger partial charge in [-0.2, -0.15) is 5.10 Å². The Morgan fingerprint density at radius 2 is 1.89 bits per heavy atom. The molecule has 6 nitrogen and oxygen atoms in total. The maximum Gasteiger partial charge on any atom is 0.358 e. The third-order valence-electron chi connectivity index (χ3n) is 3.67. The lowest BCUT2D eigenvalue weighted by molar-refractivity contribution is 0.0518. The number of carbonyl (C=O) groups excluding carboxylic acids is 2. The van der Waals surface area contributed by atoms with Crippen LogP contribution >= 0.6 is 0 Å². The summed E-state index contributed by atoms with van der Waals surface area (Å²) >= 11 is 0. The lowest BCUT2D eigenvalue weighted by atomic mass is 10.2. The fourth-order valence-electron chi connectivity index (χ4n) is 2.42. The number of anilines is 1. The van der Waals surface area contributed by atoms with E-state index in [1.165, 1.54) is 29.1 Å². The van der Waals surface area contributed by atoms with Crippen molar-refractivity contribution in [2.75, 3.05) is 11.9 Å². The Morgan fingerprint density at radius 1 is 1.11 bits per heavy atom. The molecule has 0 aliphatic heterocycles. The molecule has 0 bridgehead atoms. The van der Waals surface area contributed by atoms with Crippen LogP contribution in [0.15, 0.2) is 54.7 Å². The second-order valence-electron chi connectivity index (χ2n) is 5.44. The monoisotopic (exact) mass is 371 g/mol. The number of hydrogen-bond acceptors (Lipinski definition) is 4. The molecule has 138 valence electrons. The van der Waals surface area contributed by atoms with Gasteiger partial charge in [-0.25, -0.2) is 18.3 Å². The van der Waals surface area contributed by atoms with E-state index in [2.05, 4.69) is 10.4 Å². The number of hydrogen-bond donors (Lipinski definition) is 1. The molecule has 1 amide bonds. The van der Waals surface area contributed by atoms with Crippen LogP contribution in [-0.2, 0) is 4.74 Å². The van der Waals surface area contributed by atoms with Crippen molar-refractivity contribution in [3.8, 4) is 5.69 Å². The smallest absolute Gasteiger partial charge is 0.358 e. The van der Waals surface area contributed by atoms with E-state index in [0.717, 1.165) is 6.07 Å². The third kappa shape index (κ3) is 3.84. The van der Waals surface area contributed by atoms with Crippen LogP contribution in [0.25, 0.3) is 5.69 Å². The van der Waals surface area contributed by atoms with Crippen molar-refractivity contribution in [1.82, 2.24) is 9.78 Å². The molecule has 27 heavy (non-hydrogen) atoms. The van der Waals surface area contributed by atoms with Gasteiger partial charge in [-0.3, -0.25) is 4.79 Å². The van der Waals surface area contributed by atoms with Crippen LogP contribution in [0, 0.1) is 11.6 Å². The molecule has 3 rings (SSSR count). The number of aromatic nitrogens is 2. The fraction of sp³-hybridized carbons (Fsp3) is 0.105. The van der Waals surface area contributed by atoms with Gasteiger partial charge in [0.05, 0.1) is 23.5 Å². The number of carbonyl (C=O) groups is 2. The molecule has 0 saturated heterocycles. The molecule has 0 saturated carbocycles. The van der Waals surface area contributed by atoms with Crippen LogP contribution in [0.2, 0.25) is 0 Å². The maximum atomic E-state index is 13.8. The summed E-state index contributed by atoms with van der Waals surface area (Å²) in [6.07, 6.45) is 1.53. The van der Waals surface area contributed by atoms with Gasteiger partial charge >= 0.3 is 5.97 Å². The highest BCUT2D eigenvalue weighted by Gasteiger charge is 2.17. The molecular weight excluding hydrogens is 356 g/mol. The lowest BCUT2D eigenvalue weighted by Crippen LogP contribution is -2.16. The zero-order valence-electron chi connectivity index (χ0n) is 14.3. The summed E-state index contributed by atoms with van der Waals surface area (Å²) in [6.45, 7) is 1.91. The Labute approximate surface area is 153 Å². The van der Waals surface area contributed by atoms with E-state index in [9.17, 15) is 18.4 Å². The van der Waals surface area contributed by atoms with E-state index in [1.807, 2.05) is 0 Å². The lowest BCUT2D eigenvalue weighted by Gasteiger charge is -2.11. The molecule has 0 radical (unpaired) electrons. The van der Waals surface area contributed by atoms with Crippen molar-refractivity contribution < 1.29 is 23.1 Å². The Balaban J connectivity index is 1.90. The van der Waals surface area contributed by atoms with Crippen molar-refractivity contribution in [3.05, 3.63) is 77.6 Å². The number of para-hydroxylation sites is 2. The number of halogens is 2. The van der Waals surface area contributed by atoms with Crippen LogP contribution in [0.1, 0.15) is 27.8 Å². The first kappa shape index (κ1) is 18.2. The molecule has 0 spiro atoms. The summed E-state index contributed by atoms with van der Waals surface area (Å²) in [7, 11) is 0. The first-order valence-electron chi connectivity index (χ1n) is 8.08. The Bertz CT molecular complexity index is 1000. The zero-order chi connectivity index (χ0) is 19.4. The Morgan fingerprint density at radius 3 is 2.67 bits per heavy atom. The van der Waals surface area contributed by atoms with Crippen molar-refractivity contribution in [2.24, 2.45) is 0 Å².